The van der Waals surface area contributed by atoms with Crippen LogP contribution in [0.15, 0.2) is 17.4 Å². The van der Waals surface area contributed by atoms with Crippen molar-refractivity contribution in [2.75, 3.05) is 35.2 Å². The Labute approximate surface area is 114 Å². The molecule has 0 saturated carbocycles. The Hall–Kier alpha value is -0.990. The summed E-state index contributed by atoms with van der Waals surface area (Å²) in [4.78, 5) is 21.7. The summed E-state index contributed by atoms with van der Waals surface area (Å²) >= 11 is 3.31. The maximum absolute atomic E-state index is 11.1. The maximum atomic E-state index is 11.1. The van der Waals surface area contributed by atoms with Gasteiger partial charge in [-0.3, -0.25) is 10.2 Å². The molecule has 1 amide bonds. The first-order valence-electron chi connectivity index (χ1n) is 5.56. The van der Waals surface area contributed by atoms with Gasteiger partial charge < -0.3 is 4.90 Å². The standard InChI is InChI=1S/C10H15N5OS2/c11-14-9(16)6-18-10-5-8(12-7-13-10)15-1-3-17-4-2-15/h5,7H,1-4,6,11H2,(H,14,16). The van der Waals surface area contributed by atoms with Crippen LogP contribution in [0.2, 0.25) is 0 Å². The number of nitrogens with two attached hydrogens (primary N) is 1. The lowest BCUT2D eigenvalue weighted by atomic mass is 10.4. The van der Waals surface area contributed by atoms with E-state index in [4.69, 9.17) is 5.84 Å². The second-order valence-corrected chi connectivity index (χ2v) is 5.89. The Morgan fingerprint density at radius 3 is 3.00 bits per heavy atom. The highest BCUT2D eigenvalue weighted by atomic mass is 32.2. The van der Waals surface area contributed by atoms with Gasteiger partial charge in [-0.2, -0.15) is 11.8 Å². The summed E-state index contributed by atoms with van der Waals surface area (Å²) in [6, 6.07) is 1.92. The van der Waals surface area contributed by atoms with E-state index in [0.29, 0.717) is 0 Å². The minimum absolute atomic E-state index is 0.213. The summed E-state index contributed by atoms with van der Waals surface area (Å²) in [6.07, 6.45) is 1.54. The Kier molecular flexibility index (Phi) is 5.09. The van der Waals surface area contributed by atoms with E-state index in [1.54, 1.807) is 6.33 Å². The van der Waals surface area contributed by atoms with Crippen LogP contribution in [0.1, 0.15) is 0 Å². The molecule has 2 rings (SSSR count). The molecule has 3 N–H and O–H groups in total. The molecule has 1 aromatic rings. The zero-order valence-corrected chi connectivity index (χ0v) is 11.5. The quantitative estimate of drug-likeness (QED) is 0.267. The van der Waals surface area contributed by atoms with Crippen molar-refractivity contribution >= 4 is 35.2 Å². The normalized spacial score (nSPS) is 15.5. The van der Waals surface area contributed by atoms with Gasteiger partial charge in [0.05, 0.1) is 5.75 Å². The number of rotatable bonds is 4. The minimum Gasteiger partial charge on any atom is -0.355 e. The number of aromatic nitrogens is 2. The van der Waals surface area contributed by atoms with Gasteiger partial charge in [-0.15, -0.1) is 0 Å². The Morgan fingerprint density at radius 2 is 2.28 bits per heavy atom. The Balaban J connectivity index is 1.98. The molecule has 0 atom stereocenters. The van der Waals surface area contributed by atoms with Crippen molar-refractivity contribution in [2.45, 2.75) is 5.03 Å². The first-order chi connectivity index (χ1) is 8.79. The predicted molar refractivity (Wildman–Crippen MR) is 74.6 cm³/mol. The molecule has 1 aliphatic heterocycles. The van der Waals surface area contributed by atoms with Gasteiger partial charge >= 0.3 is 0 Å². The van der Waals surface area contributed by atoms with Gasteiger partial charge in [-0.05, 0) is 0 Å². The van der Waals surface area contributed by atoms with Crippen molar-refractivity contribution in [2.24, 2.45) is 5.84 Å². The molecule has 0 radical (unpaired) electrons. The number of thioether (sulfide) groups is 2. The van der Waals surface area contributed by atoms with Crippen LogP contribution in [0.3, 0.4) is 0 Å². The van der Waals surface area contributed by atoms with Crippen LogP contribution in [-0.4, -0.2) is 46.2 Å². The summed E-state index contributed by atoms with van der Waals surface area (Å²) in [5, 5.41) is 0.793. The molecule has 1 fully saturated rings. The monoisotopic (exact) mass is 285 g/mol. The number of carbonyl (C=O) groups is 1. The van der Waals surface area contributed by atoms with Crippen molar-refractivity contribution in [3.8, 4) is 0 Å². The molecule has 0 aliphatic carbocycles. The van der Waals surface area contributed by atoms with Crippen molar-refractivity contribution in [1.82, 2.24) is 15.4 Å². The van der Waals surface area contributed by atoms with Gasteiger partial charge in [0.15, 0.2) is 0 Å². The topological polar surface area (TPSA) is 84.1 Å². The van der Waals surface area contributed by atoms with E-state index in [1.165, 1.54) is 11.8 Å². The van der Waals surface area contributed by atoms with Crippen LogP contribution in [-0.2, 0) is 4.79 Å². The van der Waals surface area contributed by atoms with E-state index >= 15 is 0 Å². The second-order valence-electron chi connectivity index (χ2n) is 3.67. The first-order valence-corrected chi connectivity index (χ1v) is 7.70. The number of carbonyl (C=O) groups excluding carboxylic acids is 1. The Morgan fingerprint density at radius 1 is 1.50 bits per heavy atom. The molecule has 1 saturated heterocycles. The highest BCUT2D eigenvalue weighted by Crippen LogP contribution is 2.21. The van der Waals surface area contributed by atoms with Crippen molar-refractivity contribution in [3.05, 3.63) is 12.4 Å². The molecule has 0 unspecified atom stereocenters. The summed E-state index contributed by atoms with van der Waals surface area (Å²) in [6.45, 7) is 2.02. The van der Waals surface area contributed by atoms with Gasteiger partial charge in [0.1, 0.15) is 17.2 Å². The van der Waals surface area contributed by atoms with Gasteiger partial charge in [-0.1, -0.05) is 11.8 Å². The number of anilines is 1. The second kappa shape index (κ2) is 6.81. The van der Waals surface area contributed by atoms with Crippen LogP contribution in [0.25, 0.3) is 0 Å². The maximum Gasteiger partial charge on any atom is 0.244 e. The van der Waals surface area contributed by atoms with Crippen LogP contribution in [0.5, 0.6) is 0 Å². The van der Waals surface area contributed by atoms with Crippen LogP contribution < -0.4 is 16.2 Å². The Bertz CT molecular complexity index is 411. The van der Waals surface area contributed by atoms with E-state index in [1.807, 2.05) is 17.8 Å². The number of hydrazine groups is 1. The zero-order chi connectivity index (χ0) is 12.8. The minimum atomic E-state index is -0.213. The summed E-state index contributed by atoms with van der Waals surface area (Å²) in [5.74, 6) is 8.27. The highest BCUT2D eigenvalue weighted by Gasteiger charge is 2.13. The van der Waals surface area contributed by atoms with Crippen LogP contribution in [0.4, 0.5) is 5.82 Å². The van der Waals surface area contributed by atoms with Gasteiger partial charge in [0.25, 0.3) is 0 Å². The fraction of sp³-hybridized carbons (Fsp3) is 0.500. The molecule has 1 aromatic heterocycles. The van der Waals surface area contributed by atoms with Crippen molar-refractivity contribution < 1.29 is 4.79 Å². The SMILES string of the molecule is NNC(=O)CSc1cc(N2CCSCC2)ncn1. The lowest BCUT2D eigenvalue weighted by molar-refractivity contribution is -0.118. The third kappa shape index (κ3) is 3.76. The largest absolute Gasteiger partial charge is 0.355 e. The molecule has 1 aliphatic rings. The average molecular weight is 285 g/mol. The first kappa shape index (κ1) is 13.4. The van der Waals surface area contributed by atoms with E-state index in [2.05, 4.69) is 20.3 Å². The van der Waals surface area contributed by atoms with Gasteiger partial charge in [-0.25, -0.2) is 15.8 Å². The van der Waals surface area contributed by atoms with Crippen LogP contribution >= 0.6 is 23.5 Å². The molecular weight excluding hydrogens is 270 g/mol. The molecular formula is C10H15N5OS2. The van der Waals surface area contributed by atoms with Gasteiger partial charge in [0, 0.05) is 30.7 Å². The number of amides is 1. The van der Waals surface area contributed by atoms with E-state index < -0.39 is 0 Å². The zero-order valence-electron chi connectivity index (χ0n) is 9.83. The smallest absolute Gasteiger partial charge is 0.244 e. The van der Waals surface area contributed by atoms with Crippen LogP contribution in [0, 0.1) is 0 Å². The van der Waals surface area contributed by atoms with Gasteiger partial charge in [0.2, 0.25) is 5.91 Å². The van der Waals surface area contributed by atoms with Crippen molar-refractivity contribution in [1.29, 1.82) is 0 Å². The number of nitrogens with one attached hydrogen (secondary N) is 1. The molecule has 8 heteroatoms. The fourth-order valence-electron chi connectivity index (χ4n) is 1.56. The van der Waals surface area contributed by atoms with E-state index in [0.717, 1.165) is 35.4 Å². The molecule has 0 bridgehead atoms. The third-order valence-electron chi connectivity index (χ3n) is 2.47. The fourth-order valence-corrected chi connectivity index (χ4v) is 3.13. The van der Waals surface area contributed by atoms with E-state index in [9.17, 15) is 4.79 Å². The van der Waals surface area contributed by atoms with E-state index in [-0.39, 0.29) is 11.7 Å². The molecule has 98 valence electrons. The number of nitrogens with zero attached hydrogens (tertiary/aromatic N) is 3. The molecule has 0 spiro atoms. The predicted octanol–water partition coefficient (Wildman–Crippen LogP) is 0.112. The molecule has 6 nitrogen and oxygen atoms in total. The average Bonchev–Trinajstić information content (AvgIpc) is 2.46. The molecule has 0 aromatic carbocycles. The summed E-state index contributed by atoms with van der Waals surface area (Å²) < 4.78 is 0. The number of hydrogen-bond donors (Lipinski definition) is 2. The lowest BCUT2D eigenvalue weighted by Gasteiger charge is -2.27. The highest BCUT2D eigenvalue weighted by molar-refractivity contribution is 8.00. The third-order valence-corrected chi connectivity index (χ3v) is 4.34. The summed E-state index contributed by atoms with van der Waals surface area (Å²) in [5.41, 5.74) is 2.10. The molecule has 18 heavy (non-hydrogen) atoms. The van der Waals surface area contributed by atoms with Crippen molar-refractivity contribution in [3.63, 3.8) is 0 Å². The number of hydrogen-bond acceptors (Lipinski definition) is 7. The summed E-state index contributed by atoms with van der Waals surface area (Å²) in [7, 11) is 0. The lowest BCUT2D eigenvalue weighted by Crippen LogP contribution is -2.33. The molecule has 2 heterocycles.